The van der Waals surface area contributed by atoms with Crippen molar-refractivity contribution in [2.24, 2.45) is 0 Å². The number of morpholine rings is 1. The van der Waals surface area contributed by atoms with Crippen LogP contribution in [0.25, 0.3) is 0 Å². The molecule has 1 saturated heterocycles. The van der Waals surface area contributed by atoms with Gasteiger partial charge in [0.1, 0.15) is 12.3 Å². The minimum Gasteiger partial charge on any atom is -0.495 e. The maximum Gasteiger partial charge on any atom is 0.245 e. The lowest BCUT2D eigenvalue weighted by molar-refractivity contribution is -0.114. The Balaban J connectivity index is 1.76. The standard InChI is InChI=1S/C20H24ClN3O7S2/c1-30-19-8-3-15(21)13-18(19)24(32(2,26)27)14-20(25)22-16-4-6-17(7-5-16)33(28,29)23-9-11-31-12-10-23/h3-8,13H,9-12,14H2,1-2H3,(H,22,25). The topological polar surface area (TPSA) is 122 Å². The summed E-state index contributed by atoms with van der Waals surface area (Å²) in [5, 5.41) is 2.85. The first kappa shape index (κ1) is 25.2. The molecule has 0 atom stereocenters. The summed E-state index contributed by atoms with van der Waals surface area (Å²) in [6.45, 7) is 0.677. The molecular formula is C20H24ClN3O7S2. The number of halogens is 1. The van der Waals surface area contributed by atoms with Crippen LogP contribution >= 0.6 is 11.6 Å². The van der Waals surface area contributed by atoms with E-state index >= 15 is 0 Å². The van der Waals surface area contributed by atoms with E-state index in [1.807, 2.05) is 0 Å². The van der Waals surface area contributed by atoms with Crippen molar-refractivity contribution in [2.75, 3.05) is 55.8 Å². The van der Waals surface area contributed by atoms with Gasteiger partial charge in [-0.1, -0.05) is 11.6 Å². The highest BCUT2D eigenvalue weighted by Crippen LogP contribution is 2.32. The van der Waals surface area contributed by atoms with E-state index in [-0.39, 0.29) is 34.4 Å². The van der Waals surface area contributed by atoms with Gasteiger partial charge in [0, 0.05) is 23.8 Å². The molecule has 0 radical (unpaired) electrons. The van der Waals surface area contributed by atoms with Crippen LogP contribution in [-0.2, 0) is 29.6 Å². The van der Waals surface area contributed by atoms with E-state index in [1.165, 1.54) is 53.9 Å². The monoisotopic (exact) mass is 517 g/mol. The average Bonchev–Trinajstić information content (AvgIpc) is 2.77. The second kappa shape index (κ2) is 10.3. The number of hydrogen-bond donors (Lipinski definition) is 1. The van der Waals surface area contributed by atoms with Gasteiger partial charge in [0.05, 0.1) is 37.2 Å². The number of sulfonamides is 2. The smallest absolute Gasteiger partial charge is 0.245 e. The normalized spacial score (nSPS) is 15.1. The number of ether oxygens (including phenoxy) is 2. The van der Waals surface area contributed by atoms with Crippen molar-refractivity contribution < 1.29 is 31.1 Å². The number of nitrogens with one attached hydrogen (secondary N) is 1. The lowest BCUT2D eigenvalue weighted by Crippen LogP contribution is -2.40. The fourth-order valence-electron chi connectivity index (χ4n) is 3.22. The largest absolute Gasteiger partial charge is 0.495 e. The van der Waals surface area contributed by atoms with Gasteiger partial charge in [-0.15, -0.1) is 0 Å². The Morgan fingerprint density at radius 3 is 2.33 bits per heavy atom. The molecule has 13 heteroatoms. The highest BCUT2D eigenvalue weighted by atomic mass is 35.5. The third-order valence-corrected chi connectivity index (χ3v) is 8.12. The van der Waals surface area contributed by atoms with Crippen LogP contribution in [0, 0.1) is 0 Å². The van der Waals surface area contributed by atoms with Gasteiger partial charge >= 0.3 is 0 Å². The molecule has 0 saturated carbocycles. The SMILES string of the molecule is COc1ccc(Cl)cc1N(CC(=O)Nc1ccc(S(=O)(=O)N2CCOCC2)cc1)S(C)(=O)=O. The molecule has 0 spiro atoms. The number of nitrogens with zero attached hydrogens (tertiary/aromatic N) is 2. The zero-order chi connectivity index (χ0) is 24.2. The van der Waals surface area contributed by atoms with Gasteiger partial charge < -0.3 is 14.8 Å². The number of rotatable bonds is 8. The van der Waals surface area contributed by atoms with Crippen LogP contribution in [0.3, 0.4) is 0 Å². The molecule has 1 N–H and O–H groups in total. The fraction of sp³-hybridized carbons (Fsp3) is 0.350. The summed E-state index contributed by atoms with van der Waals surface area (Å²) < 4.78 is 62.8. The number of methoxy groups -OCH3 is 1. The molecule has 1 aliphatic heterocycles. The molecule has 33 heavy (non-hydrogen) atoms. The zero-order valence-corrected chi connectivity index (χ0v) is 20.4. The van der Waals surface area contributed by atoms with Crippen LogP contribution in [0.1, 0.15) is 0 Å². The molecule has 3 rings (SSSR count). The highest BCUT2D eigenvalue weighted by Gasteiger charge is 2.27. The van der Waals surface area contributed by atoms with Gasteiger partial charge in [-0.2, -0.15) is 4.31 Å². The quantitative estimate of drug-likeness (QED) is 0.566. The molecule has 0 bridgehead atoms. The van der Waals surface area contributed by atoms with E-state index in [1.54, 1.807) is 0 Å². The summed E-state index contributed by atoms with van der Waals surface area (Å²) in [5.74, 6) is -0.401. The second-order valence-electron chi connectivity index (χ2n) is 7.17. The minimum atomic E-state index is -3.85. The van der Waals surface area contributed by atoms with E-state index < -0.39 is 32.5 Å². The number of anilines is 2. The maximum atomic E-state index is 12.7. The molecule has 1 heterocycles. The van der Waals surface area contributed by atoms with Gasteiger partial charge in [-0.25, -0.2) is 16.8 Å². The minimum absolute atomic E-state index is 0.0869. The molecule has 0 aliphatic carbocycles. The molecule has 0 aromatic heterocycles. The van der Waals surface area contributed by atoms with Gasteiger partial charge in [0.15, 0.2) is 0 Å². The first-order valence-corrected chi connectivity index (χ1v) is 13.5. The summed E-state index contributed by atoms with van der Waals surface area (Å²) in [7, 11) is -6.15. The van der Waals surface area contributed by atoms with Crippen molar-refractivity contribution in [3.05, 3.63) is 47.5 Å². The number of benzene rings is 2. The Bertz CT molecular complexity index is 1210. The Morgan fingerprint density at radius 1 is 1.12 bits per heavy atom. The van der Waals surface area contributed by atoms with Crippen LogP contribution in [0.15, 0.2) is 47.4 Å². The third kappa shape index (κ3) is 6.15. The summed E-state index contributed by atoms with van der Waals surface area (Å²) >= 11 is 6.00. The first-order chi connectivity index (χ1) is 15.5. The number of carbonyl (C=O) groups excluding carboxylic acids is 1. The second-order valence-corrected chi connectivity index (χ2v) is 11.5. The van der Waals surface area contributed by atoms with Crippen LogP contribution < -0.4 is 14.4 Å². The predicted octanol–water partition coefficient (Wildman–Crippen LogP) is 1.77. The van der Waals surface area contributed by atoms with Crippen molar-refractivity contribution in [1.82, 2.24) is 4.31 Å². The molecule has 2 aromatic carbocycles. The van der Waals surface area contributed by atoms with Crippen molar-refractivity contribution in [3.8, 4) is 5.75 Å². The van der Waals surface area contributed by atoms with Crippen LogP contribution in [-0.4, -0.2) is 73.3 Å². The zero-order valence-electron chi connectivity index (χ0n) is 18.0. The first-order valence-electron chi connectivity index (χ1n) is 9.81. The fourth-order valence-corrected chi connectivity index (χ4v) is 5.64. The van der Waals surface area contributed by atoms with E-state index in [2.05, 4.69) is 5.32 Å². The summed E-state index contributed by atoms with van der Waals surface area (Å²) in [4.78, 5) is 12.7. The van der Waals surface area contributed by atoms with Crippen molar-refractivity contribution in [3.63, 3.8) is 0 Å². The van der Waals surface area contributed by atoms with E-state index in [4.69, 9.17) is 21.1 Å². The Kier molecular flexibility index (Phi) is 7.85. The molecule has 2 aromatic rings. The molecule has 180 valence electrons. The summed E-state index contributed by atoms with van der Waals surface area (Å²) in [6, 6.07) is 10.1. The van der Waals surface area contributed by atoms with E-state index in [0.29, 0.717) is 18.9 Å². The molecular weight excluding hydrogens is 494 g/mol. The van der Waals surface area contributed by atoms with Crippen molar-refractivity contribution in [1.29, 1.82) is 0 Å². The number of amides is 1. The lowest BCUT2D eigenvalue weighted by Gasteiger charge is -2.26. The van der Waals surface area contributed by atoms with E-state index in [0.717, 1.165) is 10.6 Å². The van der Waals surface area contributed by atoms with Crippen molar-refractivity contribution >= 4 is 48.9 Å². The third-order valence-electron chi connectivity index (χ3n) is 4.84. The Hall–Kier alpha value is -2.38. The van der Waals surface area contributed by atoms with Crippen LogP contribution in [0.4, 0.5) is 11.4 Å². The molecule has 1 amide bonds. The Morgan fingerprint density at radius 2 is 1.76 bits per heavy atom. The van der Waals surface area contributed by atoms with Crippen molar-refractivity contribution in [2.45, 2.75) is 4.90 Å². The molecule has 1 aliphatic rings. The van der Waals surface area contributed by atoms with Gasteiger partial charge in [-0.05, 0) is 42.5 Å². The highest BCUT2D eigenvalue weighted by molar-refractivity contribution is 7.92. The predicted molar refractivity (Wildman–Crippen MR) is 125 cm³/mol. The van der Waals surface area contributed by atoms with Gasteiger partial charge in [0.2, 0.25) is 26.0 Å². The number of carbonyl (C=O) groups is 1. The maximum absolute atomic E-state index is 12.7. The summed E-state index contributed by atoms with van der Waals surface area (Å²) in [6.07, 6.45) is 0.964. The molecule has 0 unspecified atom stereocenters. The van der Waals surface area contributed by atoms with Gasteiger partial charge in [-0.3, -0.25) is 9.10 Å². The Labute approximate surface area is 198 Å². The van der Waals surface area contributed by atoms with Gasteiger partial charge in [0.25, 0.3) is 0 Å². The van der Waals surface area contributed by atoms with Crippen LogP contribution in [0.5, 0.6) is 5.75 Å². The molecule has 10 nitrogen and oxygen atoms in total. The number of hydrogen-bond acceptors (Lipinski definition) is 7. The summed E-state index contributed by atoms with van der Waals surface area (Å²) in [5.41, 5.74) is 0.432. The van der Waals surface area contributed by atoms with E-state index in [9.17, 15) is 21.6 Å². The van der Waals surface area contributed by atoms with Crippen LogP contribution in [0.2, 0.25) is 5.02 Å². The average molecular weight is 518 g/mol. The molecule has 1 fully saturated rings. The lowest BCUT2D eigenvalue weighted by atomic mass is 10.3.